The second-order valence-electron chi connectivity index (χ2n) is 5.20. The molecular weight excluding hydrogens is 284 g/mol. The van der Waals surface area contributed by atoms with Crippen LogP contribution >= 0.6 is 11.5 Å². The maximum atomic E-state index is 12.0. The molecule has 1 aromatic carbocycles. The van der Waals surface area contributed by atoms with Gasteiger partial charge in [-0.1, -0.05) is 23.4 Å². The molecule has 21 heavy (non-hydrogen) atoms. The highest BCUT2D eigenvalue weighted by molar-refractivity contribution is 7.03. The molecule has 110 valence electrons. The quantitative estimate of drug-likeness (QED) is 0.946. The Morgan fingerprint density at radius 1 is 1.19 bits per heavy atom. The summed E-state index contributed by atoms with van der Waals surface area (Å²) in [4.78, 5) is 14.4. The summed E-state index contributed by atoms with van der Waals surface area (Å²) in [5.41, 5.74) is 2.33. The molecule has 1 saturated heterocycles. The van der Waals surface area contributed by atoms with Gasteiger partial charge in [-0.3, -0.25) is 4.79 Å². The average Bonchev–Trinajstić information content (AvgIpc) is 2.90. The van der Waals surface area contributed by atoms with E-state index in [9.17, 15) is 4.79 Å². The minimum Gasteiger partial charge on any atom is -0.371 e. The molecule has 0 bridgehead atoms. The van der Waals surface area contributed by atoms with Crippen LogP contribution in [0.2, 0.25) is 0 Å². The summed E-state index contributed by atoms with van der Waals surface area (Å²) in [7, 11) is 0. The van der Waals surface area contributed by atoms with Gasteiger partial charge in [0.05, 0.1) is 0 Å². The van der Waals surface area contributed by atoms with Crippen molar-refractivity contribution in [1.29, 1.82) is 0 Å². The Kier molecular flexibility index (Phi) is 4.45. The normalized spacial score (nSPS) is 15.5. The number of hydrogen-bond acceptors (Lipinski definition) is 5. The van der Waals surface area contributed by atoms with Crippen LogP contribution in [0.25, 0.3) is 0 Å². The van der Waals surface area contributed by atoms with Crippen molar-refractivity contribution in [2.75, 3.05) is 23.3 Å². The van der Waals surface area contributed by atoms with Gasteiger partial charge >= 0.3 is 0 Å². The lowest BCUT2D eigenvalue weighted by Crippen LogP contribution is -2.24. The minimum atomic E-state index is -0.211. The van der Waals surface area contributed by atoms with Crippen LogP contribution < -0.4 is 10.2 Å². The molecular formula is C15H18N4OS. The van der Waals surface area contributed by atoms with Gasteiger partial charge < -0.3 is 10.2 Å². The Bertz CT molecular complexity index is 591. The van der Waals surface area contributed by atoms with Crippen LogP contribution in [0.15, 0.2) is 29.6 Å². The molecule has 0 atom stereocenters. The average molecular weight is 302 g/mol. The van der Waals surface area contributed by atoms with Crippen LogP contribution in [0, 0.1) is 0 Å². The van der Waals surface area contributed by atoms with E-state index in [4.69, 9.17) is 0 Å². The van der Waals surface area contributed by atoms with Crippen molar-refractivity contribution in [3.8, 4) is 0 Å². The molecule has 3 rings (SSSR count). The molecule has 1 amide bonds. The van der Waals surface area contributed by atoms with Crippen molar-refractivity contribution >= 4 is 28.8 Å². The summed E-state index contributed by atoms with van der Waals surface area (Å²) in [5.74, 6) is -0.211. The Labute approximate surface area is 128 Å². The van der Waals surface area contributed by atoms with Gasteiger partial charge in [-0.2, -0.15) is 0 Å². The van der Waals surface area contributed by atoms with Crippen LogP contribution in [0.4, 0.5) is 11.4 Å². The minimum absolute atomic E-state index is 0.211. The smallest absolute Gasteiger partial charge is 0.277 e. The number of nitrogens with one attached hydrogen (secondary N) is 1. The molecule has 0 saturated carbocycles. The molecule has 1 aliphatic rings. The molecule has 2 aromatic rings. The topological polar surface area (TPSA) is 58.1 Å². The fraction of sp³-hybridized carbons (Fsp3) is 0.400. The van der Waals surface area contributed by atoms with E-state index >= 15 is 0 Å². The molecule has 0 spiro atoms. The predicted molar refractivity (Wildman–Crippen MR) is 85.0 cm³/mol. The third kappa shape index (κ3) is 3.58. The molecule has 1 fully saturated rings. The summed E-state index contributed by atoms with van der Waals surface area (Å²) in [6.45, 7) is 2.18. The van der Waals surface area contributed by atoms with Crippen LogP contribution in [-0.2, 0) is 0 Å². The molecule has 0 radical (unpaired) electrons. The zero-order valence-corrected chi connectivity index (χ0v) is 12.6. The monoisotopic (exact) mass is 302 g/mol. The third-order valence-corrected chi connectivity index (χ3v) is 4.17. The Hall–Kier alpha value is -1.95. The third-order valence-electron chi connectivity index (χ3n) is 3.67. The molecule has 1 aliphatic heterocycles. The van der Waals surface area contributed by atoms with Gasteiger partial charge in [0.1, 0.15) is 0 Å². The van der Waals surface area contributed by atoms with E-state index in [-0.39, 0.29) is 5.91 Å². The highest BCUT2D eigenvalue weighted by Crippen LogP contribution is 2.23. The van der Waals surface area contributed by atoms with Crippen LogP contribution in [0.5, 0.6) is 0 Å². The molecule has 5 nitrogen and oxygen atoms in total. The number of amides is 1. The standard InChI is InChI=1S/C15H18N4OS/c20-15(14-11-21-18-17-14)16-12-6-5-7-13(10-12)19-8-3-1-2-4-9-19/h5-7,10-11H,1-4,8-9H2,(H,16,20). The number of carbonyl (C=O) groups is 1. The number of nitrogens with zero attached hydrogens (tertiary/aromatic N) is 3. The molecule has 1 N–H and O–H groups in total. The zero-order chi connectivity index (χ0) is 14.5. The summed E-state index contributed by atoms with van der Waals surface area (Å²) >= 11 is 1.18. The largest absolute Gasteiger partial charge is 0.371 e. The second kappa shape index (κ2) is 6.67. The van der Waals surface area contributed by atoms with Crippen LogP contribution in [0.3, 0.4) is 0 Å². The SMILES string of the molecule is O=C(Nc1cccc(N2CCCCCC2)c1)c1csnn1. The van der Waals surface area contributed by atoms with E-state index in [0.29, 0.717) is 5.69 Å². The summed E-state index contributed by atoms with van der Waals surface area (Å²) in [5, 5.41) is 8.31. The maximum Gasteiger partial charge on any atom is 0.277 e. The van der Waals surface area contributed by atoms with E-state index in [0.717, 1.165) is 18.8 Å². The number of anilines is 2. The molecule has 0 unspecified atom stereocenters. The van der Waals surface area contributed by atoms with Gasteiger partial charge in [0.25, 0.3) is 5.91 Å². The maximum absolute atomic E-state index is 12.0. The van der Waals surface area contributed by atoms with E-state index in [1.54, 1.807) is 5.38 Å². The zero-order valence-electron chi connectivity index (χ0n) is 11.8. The van der Waals surface area contributed by atoms with Crippen molar-refractivity contribution in [2.45, 2.75) is 25.7 Å². The highest BCUT2D eigenvalue weighted by Gasteiger charge is 2.12. The fourth-order valence-electron chi connectivity index (χ4n) is 2.57. The number of carbonyl (C=O) groups excluding carboxylic acids is 1. The number of aromatic nitrogens is 2. The first-order chi connectivity index (χ1) is 10.3. The first kappa shape index (κ1) is 14.0. The fourth-order valence-corrected chi connectivity index (χ4v) is 3.00. The first-order valence-electron chi connectivity index (χ1n) is 7.26. The van der Waals surface area contributed by atoms with Crippen LogP contribution in [-0.4, -0.2) is 28.6 Å². The number of rotatable bonds is 3. The van der Waals surface area contributed by atoms with Crippen molar-refractivity contribution < 1.29 is 4.79 Å². The second-order valence-corrected chi connectivity index (χ2v) is 5.81. The van der Waals surface area contributed by atoms with E-state index < -0.39 is 0 Å². The van der Waals surface area contributed by atoms with Crippen molar-refractivity contribution in [3.05, 3.63) is 35.3 Å². The lowest BCUT2D eigenvalue weighted by atomic mass is 10.2. The van der Waals surface area contributed by atoms with E-state index in [1.165, 1.54) is 42.9 Å². The number of hydrogen-bond donors (Lipinski definition) is 1. The predicted octanol–water partition coefficient (Wildman–Crippen LogP) is 3.17. The Morgan fingerprint density at radius 2 is 2.00 bits per heavy atom. The summed E-state index contributed by atoms with van der Waals surface area (Å²) < 4.78 is 3.71. The number of benzene rings is 1. The van der Waals surface area contributed by atoms with Crippen molar-refractivity contribution in [3.63, 3.8) is 0 Å². The molecule has 6 heteroatoms. The molecule has 1 aromatic heterocycles. The van der Waals surface area contributed by atoms with Gasteiger partial charge in [-0.05, 0) is 42.6 Å². The highest BCUT2D eigenvalue weighted by atomic mass is 32.1. The lowest BCUT2D eigenvalue weighted by Gasteiger charge is -2.23. The Morgan fingerprint density at radius 3 is 2.71 bits per heavy atom. The van der Waals surface area contributed by atoms with Gasteiger partial charge in [-0.25, -0.2) is 0 Å². The van der Waals surface area contributed by atoms with Crippen LogP contribution in [0.1, 0.15) is 36.2 Å². The summed E-state index contributed by atoms with van der Waals surface area (Å²) in [6.07, 6.45) is 5.09. The van der Waals surface area contributed by atoms with Crippen molar-refractivity contribution in [1.82, 2.24) is 9.59 Å². The summed E-state index contributed by atoms with van der Waals surface area (Å²) in [6, 6.07) is 8.02. The van der Waals surface area contributed by atoms with E-state index in [2.05, 4.69) is 25.9 Å². The molecule has 0 aliphatic carbocycles. The van der Waals surface area contributed by atoms with E-state index in [1.807, 2.05) is 18.2 Å². The Balaban J connectivity index is 1.72. The first-order valence-corrected chi connectivity index (χ1v) is 8.10. The lowest BCUT2D eigenvalue weighted by molar-refractivity contribution is 0.102. The van der Waals surface area contributed by atoms with Gasteiger partial charge in [0, 0.05) is 29.8 Å². The van der Waals surface area contributed by atoms with Crippen molar-refractivity contribution in [2.24, 2.45) is 0 Å². The molecule has 2 heterocycles. The van der Waals surface area contributed by atoms with Gasteiger partial charge in [0.2, 0.25) is 0 Å². The van der Waals surface area contributed by atoms with Gasteiger partial charge in [-0.15, -0.1) is 5.10 Å². The van der Waals surface area contributed by atoms with Gasteiger partial charge in [0.15, 0.2) is 5.69 Å².